The second-order valence-corrected chi connectivity index (χ2v) is 7.75. The number of carboxylic acids is 1. The van der Waals surface area contributed by atoms with E-state index in [1.165, 1.54) is 32.1 Å². The molecule has 2 aliphatic rings. The van der Waals surface area contributed by atoms with E-state index in [1.54, 1.807) is 12.0 Å². The van der Waals surface area contributed by atoms with Gasteiger partial charge in [0.15, 0.2) is 0 Å². The molecule has 0 aromatic carbocycles. The van der Waals surface area contributed by atoms with Crippen LogP contribution in [0.15, 0.2) is 6.07 Å². The number of amides is 1. The number of hydrogen-bond donors (Lipinski definition) is 1. The zero-order valence-electron chi connectivity index (χ0n) is 16.0. The second-order valence-electron chi connectivity index (χ2n) is 7.75. The maximum Gasteiger partial charge on any atom is 0.305 e. The molecular weight excluding hydrogens is 332 g/mol. The molecule has 6 nitrogen and oxygen atoms in total. The maximum absolute atomic E-state index is 13.2. The van der Waals surface area contributed by atoms with E-state index < -0.39 is 5.97 Å². The van der Waals surface area contributed by atoms with Crippen molar-refractivity contribution in [2.24, 2.45) is 0 Å². The maximum atomic E-state index is 13.2. The molecule has 0 radical (unpaired) electrons. The summed E-state index contributed by atoms with van der Waals surface area (Å²) in [5.74, 6) is -0.941. The molecule has 1 aromatic rings. The fraction of sp³-hybridized carbons (Fsp3) is 0.700. The molecule has 144 valence electrons. The topological polar surface area (TPSA) is 71.8 Å². The molecule has 1 aromatic heterocycles. The molecule has 0 spiro atoms. The van der Waals surface area contributed by atoms with E-state index in [0.717, 1.165) is 11.4 Å². The number of carbonyl (C=O) groups excluding carboxylic acids is 1. The third-order valence-electron chi connectivity index (χ3n) is 6.04. The van der Waals surface area contributed by atoms with Crippen LogP contribution in [-0.4, -0.2) is 52.3 Å². The Morgan fingerprint density at radius 3 is 2.54 bits per heavy atom. The van der Waals surface area contributed by atoms with Crippen molar-refractivity contribution in [1.29, 1.82) is 0 Å². The summed E-state index contributed by atoms with van der Waals surface area (Å²) in [6.45, 7) is 4.54. The van der Waals surface area contributed by atoms with Gasteiger partial charge in [0.05, 0.1) is 18.1 Å². The van der Waals surface area contributed by atoms with Crippen molar-refractivity contribution in [3.8, 4) is 0 Å². The van der Waals surface area contributed by atoms with Gasteiger partial charge in [0, 0.05) is 37.1 Å². The minimum absolute atomic E-state index is 0.0348. The molecule has 2 fully saturated rings. The molecule has 1 saturated carbocycles. The summed E-state index contributed by atoms with van der Waals surface area (Å²) in [6, 6.07) is 2.15. The Bertz CT molecular complexity index is 676. The lowest BCUT2D eigenvalue weighted by Crippen LogP contribution is -2.37. The average Bonchev–Trinajstić information content (AvgIpc) is 3.15. The summed E-state index contributed by atoms with van der Waals surface area (Å²) in [5, 5.41) is 9.19. The largest absolute Gasteiger partial charge is 0.481 e. The van der Waals surface area contributed by atoms with Gasteiger partial charge in [-0.25, -0.2) is 0 Å². The first-order chi connectivity index (χ1) is 12.4. The number of carboxylic acid groups (broad SMARTS) is 1. The molecule has 6 heteroatoms. The van der Waals surface area contributed by atoms with E-state index in [1.807, 2.05) is 13.0 Å². The highest BCUT2D eigenvalue weighted by Gasteiger charge is 2.38. The monoisotopic (exact) mass is 362 g/mol. The van der Waals surface area contributed by atoms with Gasteiger partial charge in [-0.2, -0.15) is 0 Å². The van der Waals surface area contributed by atoms with E-state index in [9.17, 15) is 14.7 Å². The molecule has 26 heavy (non-hydrogen) atoms. The van der Waals surface area contributed by atoms with Crippen LogP contribution < -0.4 is 0 Å². The van der Waals surface area contributed by atoms with E-state index in [-0.39, 0.29) is 24.5 Å². The lowest BCUT2D eigenvalue weighted by atomic mass is 9.95. The summed E-state index contributed by atoms with van der Waals surface area (Å²) in [6.07, 6.45) is 6.57. The summed E-state index contributed by atoms with van der Waals surface area (Å²) in [5.41, 5.74) is 2.84. The fourth-order valence-corrected chi connectivity index (χ4v) is 4.74. The quantitative estimate of drug-likeness (QED) is 0.872. The Labute approximate surface area is 155 Å². The number of aromatic nitrogens is 1. The Kier molecular flexibility index (Phi) is 5.70. The minimum atomic E-state index is -0.878. The molecule has 3 rings (SSSR count). The highest BCUT2D eigenvalue weighted by molar-refractivity contribution is 5.96. The van der Waals surface area contributed by atoms with Gasteiger partial charge in [0.1, 0.15) is 0 Å². The molecule has 0 bridgehead atoms. The summed E-state index contributed by atoms with van der Waals surface area (Å²) in [4.78, 5) is 26.1. The summed E-state index contributed by atoms with van der Waals surface area (Å²) < 4.78 is 7.72. The highest BCUT2D eigenvalue weighted by atomic mass is 16.5. The predicted octanol–water partition coefficient (Wildman–Crippen LogP) is 3.31. The van der Waals surface area contributed by atoms with Crippen molar-refractivity contribution in [1.82, 2.24) is 9.47 Å². The van der Waals surface area contributed by atoms with Crippen LogP contribution in [0.3, 0.4) is 0 Å². The fourth-order valence-electron chi connectivity index (χ4n) is 4.74. The Morgan fingerprint density at radius 1 is 1.23 bits per heavy atom. The molecule has 1 aliphatic carbocycles. The van der Waals surface area contributed by atoms with Crippen LogP contribution in [0.5, 0.6) is 0 Å². The molecule has 2 heterocycles. The van der Waals surface area contributed by atoms with Gasteiger partial charge < -0.3 is 19.3 Å². The van der Waals surface area contributed by atoms with Crippen LogP contribution in [0.25, 0.3) is 0 Å². The van der Waals surface area contributed by atoms with Gasteiger partial charge in [-0.05, 0) is 39.2 Å². The van der Waals surface area contributed by atoms with E-state index in [2.05, 4.69) is 11.5 Å². The van der Waals surface area contributed by atoms with Gasteiger partial charge >= 0.3 is 5.97 Å². The standard InChI is InChI=1S/C20H30N2O4/c1-13-9-18(14(2)22(13)15-7-5-4-6-8-15)20(25)21-12-17(26-3)10-16(21)11-19(23)24/h9,15-17H,4-8,10-12H2,1-3H3,(H,23,24). The third-order valence-corrected chi connectivity index (χ3v) is 6.04. The minimum Gasteiger partial charge on any atom is -0.481 e. The number of methoxy groups -OCH3 is 1. The lowest BCUT2D eigenvalue weighted by molar-refractivity contribution is -0.137. The van der Waals surface area contributed by atoms with Crippen molar-refractivity contribution in [3.05, 3.63) is 23.0 Å². The van der Waals surface area contributed by atoms with Crippen LogP contribution in [0.2, 0.25) is 0 Å². The number of hydrogen-bond acceptors (Lipinski definition) is 3. The zero-order valence-corrected chi connectivity index (χ0v) is 16.0. The Morgan fingerprint density at radius 2 is 1.92 bits per heavy atom. The number of carbonyl (C=O) groups is 2. The van der Waals surface area contributed by atoms with Crippen molar-refractivity contribution >= 4 is 11.9 Å². The average molecular weight is 362 g/mol. The first-order valence-electron chi connectivity index (χ1n) is 9.66. The van der Waals surface area contributed by atoms with Gasteiger partial charge in [0.25, 0.3) is 5.91 Å². The van der Waals surface area contributed by atoms with Crippen molar-refractivity contribution in [3.63, 3.8) is 0 Å². The second kappa shape index (κ2) is 7.82. The lowest BCUT2D eigenvalue weighted by Gasteiger charge is -2.27. The van der Waals surface area contributed by atoms with Crippen LogP contribution in [0.4, 0.5) is 0 Å². The van der Waals surface area contributed by atoms with Crippen LogP contribution in [0, 0.1) is 13.8 Å². The van der Waals surface area contributed by atoms with Crippen molar-refractivity contribution < 1.29 is 19.4 Å². The summed E-state index contributed by atoms with van der Waals surface area (Å²) >= 11 is 0. The van der Waals surface area contributed by atoms with Gasteiger partial charge in [-0.15, -0.1) is 0 Å². The first kappa shape index (κ1) is 19.0. The van der Waals surface area contributed by atoms with Crippen LogP contribution in [-0.2, 0) is 9.53 Å². The molecule has 1 aliphatic heterocycles. The highest BCUT2D eigenvalue weighted by Crippen LogP contribution is 2.33. The number of likely N-dealkylation sites (tertiary alicyclic amines) is 1. The number of aryl methyl sites for hydroxylation is 1. The number of aliphatic carboxylic acids is 1. The van der Waals surface area contributed by atoms with Crippen molar-refractivity contribution in [2.45, 2.75) is 77.0 Å². The Balaban J connectivity index is 1.85. The van der Waals surface area contributed by atoms with E-state index in [4.69, 9.17) is 4.74 Å². The molecular formula is C20H30N2O4. The van der Waals surface area contributed by atoms with Crippen molar-refractivity contribution in [2.75, 3.05) is 13.7 Å². The molecule has 1 amide bonds. The Hall–Kier alpha value is -1.82. The van der Waals surface area contributed by atoms with Gasteiger partial charge in [-0.1, -0.05) is 19.3 Å². The van der Waals surface area contributed by atoms with E-state index in [0.29, 0.717) is 24.6 Å². The normalized spacial score (nSPS) is 24.2. The van der Waals surface area contributed by atoms with Crippen LogP contribution in [0.1, 0.15) is 72.7 Å². The van der Waals surface area contributed by atoms with Gasteiger partial charge in [0.2, 0.25) is 0 Å². The molecule has 2 atom stereocenters. The molecule has 1 saturated heterocycles. The van der Waals surface area contributed by atoms with Gasteiger partial charge in [-0.3, -0.25) is 9.59 Å². The predicted molar refractivity (Wildman–Crippen MR) is 98.5 cm³/mol. The SMILES string of the molecule is COC1CC(CC(=O)O)N(C(=O)c2cc(C)n(C3CCCCC3)c2C)C1. The number of nitrogens with zero attached hydrogens (tertiary/aromatic N) is 2. The number of ether oxygens (including phenoxy) is 1. The first-order valence-corrected chi connectivity index (χ1v) is 9.66. The molecule has 2 unspecified atom stereocenters. The zero-order chi connectivity index (χ0) is 18.8. The smallest absolute Gasteiger partial charge is 0.305 e. The molecule has 1 N–H and O–H groups in total. The summed E-state index contributed by atoms with van der Waals surface area (Å²) in [7, 11) is 1.62. The van der Waals surface area contributed by atoms with E-state index >= 15 is 0 Å². The van der Waals surface area contributed by atoms with Crippen LogP contribution >= 0.6 is 0 Å². The number of rotatable bonds is 5. The third kappa shape index (κ3) is 3.65.